The highest BCUT2D eigenvalue weighted by molar-refractivity contribution is 5.73. The molecule has 0 aliphatic carbocycles. The molecular formula is C18H20N2O3. The Morgan fingerprint density at radius 2 is 2.09 bits per heavy atom. The van der Waals surface area contributed by atoms with Crippen LogP contribution in [0.25, 0.3) is 0 Å². The van der Waals surface area contributed by atoms with E-state index in [0.717, 1.165) is 24.1 Å². The van der Waals surface area contributed by atoms with E-state index >= 15 is 0 Å². The summed E-state index contributed by atoms with van der Waals surface area (Å²) in [6, 6.07) is 11.5. The molecule has 0 saturated carbocycles. The number of carbonyl (C=O) groups is 1. The predicted molar refractivity (Wildman–Crippen MR) is 86.1 cm³/mol. The van der Waals surface area contributed by atoms with Crippen LogP contribution in [-0.2, 0) is 17.9 Å². The van der Waals surface area contributed by atoms with E-state index in [1.807, 2.05) is 41.3 Å². The van der Waals surface area contributed by atoms with Crippen molar-refractivity contribution in [2.45, 2.75) is 32.0 Å². The quantitative estimate of drug-likeness (QED) is 0.888. The number of nitrogens with zero attached hydrogens (tertiary/aromatic N) is 2. The molecule has 1 aliphatic heterocycles. The van der Waals surface area contributed by atoms with Crippen molar-refractivity contribution in [2.24, 2.45) is 0 Å². The van der Waals surface area contributed by atoms with Crippen LogP contribution in [0.1, 0.15) is 24.0 Å². The molecule has 0 bridgehead atoms. The van der Waals surface area contributed by atoms with Crippen LogP contribution in [0.2, 0.25) is 0 Å². The standard InChI is InChI=1S/C18H20N2O3/c21-18(22)17-7-4-8-20(17)12-15-9-16(11-19-10-15)23-13-14-5-2-1-3-6-14/h1-3,5-6,9-11,17H,4,7-8,12-13H2,(H,21,22). The zero-order valence-corrected chi connectivity index (χ0v) is 12.9. The summed E-state index contributed by atoms with van der Waals surface area (Å²) < 4.78 is 5.77. The maximum atomic E-state index is 11.2. The van der Waals surface area contributed by atoms with Gasteiger partial charge in [-0.25, -0.2) is 0 Å². The highest BCUT2D eigenvalue weighted by Gasteiger charge is 2.30. The van der Waals surface area contributed by atoms with Crippen LogP contribution in [-0.4, -0.2) is 33.5 Å². The first-order valence-electron chi connectivity index (χ1n) is 7.80. The number of ether oxygens (including phenoxy) is 1. The fourth-order valence-electron chi connectivity index (χ4n) is 2.90. The van der Waals surface area contributed by atoms with Crippen LogP contribution in [0, 0.1) is 0 Å². The van der Waals surface area contributed by atoms with Gasteiger partial charge in [-0.05, 0) is 36.6 Å². The van der Waals surface area contributed by atoms with E-state index < -0.39 is 5.97 Å². The van der Waals surface area contributed by atoms with E-state index in [0.29, 0.717) is 25.3 Å². The van der Waals surface area contributed by atoms with Crippen LogP contribution < -0.4 is 4.74 Å². The molecule has 1 aromatic carbocycles. The fourth-order valence-corrected chi connectivity index (χ4v) is 2.90. The topological polar surface area (TPSA) is 62.7 Å². The summed E-state index contributed by atoms with van der Waals surface area (Å²) in [5.41, 5.74) is 2.08. The van der Waals surface area contributed by atoms with Crippen molar-refractivity contribution in [1.82, 2.24) is 9.88 Å². The Bertz CT molecular complexity index is 660. The summed E-state index contributed by atoms with van der Waals surface area (Å²) in [5, 5.41) is 9.24. The summed E-state index contributed by atoms with van der Waals surface area (Å²) in [4.78, 5) is 17.4. The molecule has 2 heterocycles. The number of aliphatic carboxylic acids is 1. The molecular weight excluding hydrogens is 292 g/mol. The second kappa shape index (κ2) is 7.24. The molecule has 120 valence electrons. The zero-order valence-electron chi connectivity index (χ0n) is 12.9. The minimum Gasteiger partial charge on any atom is -0.487 e. The normalized spacial score (nSPS) is 18.0. The van der Waals surface area contributed by atoms with Gasteiger partial charge in [0.2, 0.25) is 0 Å². The molecule has 2 aromatic rings. The molecule has 5 heteroatoms. The van der Waals surface area contributed by atoms with Crippen LogP contribution in [0.15, 0.2) is 48.8 Å². The summed E-state index contributed by atoms with van der Waals surface area (Å²) >= 11 is 0. The summed E-state index contributed by atoms with van der Waals surface area (Å²) in [6.45, 7) is 1.89. The zero-order chi connectivity index (χ0) is 16.1. The largest absolute Gasteiger partial charge is 0.487 e. The number of benzene rings is 1. The molecule has 0 spiro atoms. The van der Waals surface area contributed by atoms with Crippen LogP contribution in [0.3, 0.4) is 0 Å². The third-order valence-electron chi connectivity index (χ3n) is 4.05. The molecule has 1 atom stereocenters. The lowest BCUT2D eigenvalue weighted by molar-refractivity contribution is -0.142. The molecule has 1 aliphatic rings. The second-order valence-electron chi connectivity index (χ2n) is 5.77. The van der Waals surface area contributed by atoms with Gasteiger partial charge in [0.25, 0.3) is 0 Å². The first kappa shape index (κ1) is 15.5. The van der Waals surface area contributed by atoms with Crippen LogP contribution in [0.4, 0.5) is 0 Å². The van der Waals surface area contributed by atoms with Gasteiger partial charge < -0.3 is 9.84 Å². The molecule has 1 aromatic heterocycles. The number of aromatic nitrogens is 1. The van der Waals surface area contributed by atoms with Gasteiger partial charge in [0.15, 0.2) is 0 Å². The van der Waals surface area contributed by atoms with E-state index in [9.17, 15) is 9.90 Å². The highest BCUT2D eigenvalue weighted by atomic mass is 16.5. The Hall–Kier alpha value is -2.40. The SMILES string of the molecule is O=C(O)C1CCCN1Cc1cncc(OCc2ccccc2)c1. The van der Waals surface area contributed by atoms with E-state index in [1.165, 1.54) is 0 Å². The minimum atomic E-state index is -0.744. The Morgan fingerprint density at radius 1 is 1.26 bits per heavy atom. The van der Waals surface area contributed by atoms with E-state index in [2.05, 4.69) is 4.98 Å². The number of carboxylic acids is 1. The van der Waals surface area contributed by atoms with Gasteiger partial charge in [-0.2, -0.15) is 0 Å². The van der Waals surface area contributed by atoms with Crippen molar-refractivity contribution in [2.75, 3.05) is 6.54 Å². The molecule has 1 unspecified atom stereocenters. The van der Waals surface area contributed by atoms with Gasteiger partial charge >= 0.3 is 5.97 Å². The first-order valence-corrected chi connectivity index (χ1v) is 7.80. The van der Waals surface area contributed by atoms with Crippen LogP contribution in [0.5, 0.6) is 5.75 Å². The Balaban J connectivity index is 1.62. The number of hydrogen-bond donors (Lipinski definition) is 1. The molecule has 23 heavy (non-hydrogen) atoms. The van der Waals surface area contributed by atoms with Crippen LogP contribution >= 0.6 is 0 Å². The number of hydrogen-bond acceptors (Lipinski definition) is 4. The monoisotopic (exact) mass is 312 g/mol. The lowest BCUT2D eigenvalue weighted by Crippen LogP contribution is -2.35. The highest BCUT2D eigenvalue weighted by Crippen LogP contribution is 2.21. The Kier molecular flexibility index (Phi) is 4.88. The predicted octanol–water partition coefficient (Wildman–Crippen LogP) is 2.71. The average molecular weight is 312 g/mol. The number of pyridine rings is 1. The Morgan fingerprint density at radius 3 is 2.87 bits per heavy atom. The maximum absolute atomic E-state index is 11.2. The van der Waals surface area contributed by atoms with Crippen molar-refractivity contribution in [1.29, 1.82) is 0 Å². The van der Waals surface area contributed by atoms with Crippen molar-refractivity contribution < 1.29 is 14.6 Å². The van der Waals surface area contributed by atoms with E-state index in [1.54, 1.807) is 12.4 Å². The molecule has 5 nitrogen and oxygen atoms in total. The van der Waals surface area contributed by atoms with E-state index in [4.69, 9.17) is 4.74 Å². The third-order valence-corrected chi connectivity index (χ3v) is 4.05. The fraction of sp³-hybridized carbons (Fsp3) is 0.333. The summed E-state index contributed by atoms with van der Waals surface area (Å²) in [6.07, 6.45) is 5.10. The molecule has 0 radical (unpaired) electrons. The van der Waals surface area contributed by atoms with Crippen molar-refractivity contribution >= 4 is 5.97 Å². The third kappa shape index (κ3) is 4.07. The number of likely N-dealkylation sites (tertiary alicyclic amines) is 1. The van der Waals surface area contributed by atoms with Gasteiger partial charge in [0.05, 0.1) is 6.20 Å². The maximum Gasteiger partial charge on any atom is 0.320 e. The summed E-state index contributed by atoms with van der Waals surface area (Å²) in [7, 11) is 0. The average Bonchev–Trinajstić information content (AvgIpc) is 3.03. The van der Waals surface area contributed by atoms with Gasteiger partial charge in [0, 0.05) is 12.7 Å². The summed E-state index contributed by atoms with van der Waals surface area (Å²) in [5.74, 6) is -0.0376. The van der Waals surface area contributed by atoms with Gasteiger partial charge in [0.1, 0.15) is 18.4 Å². The van der Waals surface area contributed by atoms with Crippen molar-refractivity contribution in [3.05, 3.63) is 59.9 Å². The van der Waals surface area contributed by atoms with Crippen molar-refractivity contribution in [3.63, 3.8) is 0 Å². The lowest BCUT2D eigenvalue weighted by atomic mass is 10.2. The van der Waals surface area contributed by atoms with Crippen molar-refractivity contribution in [3.8, 4) is 5.75 Å². The number of rotatable bonds is 6. The molecule has 3 rings (SSSR count). The molecule has 1 saturated heterocycles. The minimum absolute atomic E-state index is 0.385. The smallest absolute Gasteiger partial charge is 0.320 e. The van der Waals surface area contributed by atoms with Gasteiger partial charge in [-0.15, -0.1) is 0 Å². The molecule has 0 amide bonds. The Labute approximate surface area is 135 Å². The van der Waals surface area contributed by atoms with Gasteiger partial charge in [-0.3, -0.25) is 14.7 Å². The molecule has 1 fully saturated rings. The number of carboxylic acid groups (broad SMARTS) is 1. The second-order valence-corrected chi connectivity index (χ2v) is 5.77. The van der Waals surface area contributed by atoms with Gasteiger partial charge in [-0.1, -0.05) is 30.3 Å². The van der Waals surface area contributed by atoms with E-state index in [-0.39, 0.29) is 6.04 Å². The lowest BCUT2D eigenvalue weighted by Gasteiger charge is -2.21. The first-order chi connectivity index (χ1) is 11.2. The molecule has 1 N–H and O–H groups in total.